The van der Waals surface area contributed by atoms with E-state index in [9.17, 15) is 0 Å². The van der Waals surface area contributed by atoms with Crippen molar-refractivity contribution in [1.29, 1.82) is 0 Å². The lowest BCUT2D eigenvalue weighted by Gasteiger charge is -2.18. The Morgan fingerprint density at radius 1 is 1.37 bits per heavy atom. The molecule has 1 unspecified atom stereocenters. The van der Waals surface area contributed by atoms with Gasteiger partial charge in [0, 0.05) is 10.5 Å². The van der Waals surface area contributed by atoms with Crippen molar-refractivity contribution in [1.82, 2.24) is 5.32 Å². The Balaban J connectivity index is 2.07. The summed E-state index contributed by atoms with van der Waals surface area (Å²) in [6.45, 7) is 3.10. The van der Waals surface area contributed by atoms with Gasteiger partial charge >= 0.3 is 0 Å². The molecule has 1 nitrogen and oxygen atoms in total. The maximum Gasteiger partial charge on any atom is 0.0551 e. The van der Waals surface area contributed by atoms with Crippen molar-refractivity contribution in [2.75, 3.05) is 6.54 Å². The minimum absolute atomic E-state index is 0.357. The number of nitrogens with one attached hydrogen (secondary N) is 1. The lowest BCUT2D eigenvalue weighted by atomic mass is 10.00. The van der Waals surface area contributed by atoms with Crippen LogP contribution in [0.4, 0.5) is 0 Å². The Bertz CT molecular complexity index is 513. The van der Waals surface area contributed by atoms with Crippen LogP contribution in [0.3, 0.4) is 0 Å². The molecule has 0 aliphatic rings. The van der Waals surface area contributed by atoms with E-state index in [1.54, 1.807) is 11.3 Å². The second-order valence-electron chi connectivity index (χ2n) is 4.45. The molecule has 1 aromatic heterocycles. The minimum atomic E-state index is 0.357. The summed E-state index contributed by atoms with van der Waals surface area (Å²) in [4.78, 5) is 0. The lowest BCUT2D eigenvalue weighted by Crippen LogP contribution is -2.21. The van der Waals surface area contributed by atoms with Crippen LogP contribution in [0.2, 0.25) is 5.02 Å². The van der Waals surface area contributed by atoms with Crippen LogP contribution in [0.15, 0.2) is 39.5 Å². The maximum atomic E-state index is 6.18. The van der Waals surface area contributed by atoms with Gasteiger partial charge < -0.3 is 5.32 Å². The van der Waals surface area contributed by atoms with Gasteiger partial charge in [0.1, 0.15) is 0 Å². The largest absolute Gasteiger partial charge is 0.310 e. The number of rotatable bonds is 6. The summed E-state index contributed by atoms with van der Waals surface area (Å²) in [5.74, 6) is 0. The number of aryl methyl sites for hydroxylation is 1. The van der Waals surface area contributed by atoms with Crippen LogP contribution in [-0.2, 0) is 6.42 Å². The van der Waals surface area contributed by atoms with E-state index in [-0.39, 0.29) is 0 Å². The molecule has 0 saturated heterocycles. The molecule has 1 aromatic carbocycles. The van der Waals surface area contributed by atoms with E-state index >= 15 is 0 Å². The van der Waals surface area contributed by atoms with Crippen molar-refractivity contribution in [3.63, 3.8) is 0 Å². The molecule has 19 heavy (non-hydrogen) atoms. The first-order chi connectivity index (χ1) is 9.20. The summed E-state index contributed by atoms with van der Waals surface area (Å²) in [6.07, 6.45) is 2.18. The van der Waals surface area contributed by atoms with E-state index in [0.29, 0.717) is 6.04 Å². The number of halogens is 2. The van der Waals surface area contributed by atoms with Crippen LogP contribution >= 0.6 is 38.9 Å². The molecule has 1 heterocycles. The first-order valence-electron chi connectivity index (χ1n) is 6.40. The number of hydrogen-bond acceptors (Lipinski definition) is 2. The highest BCUT2D eigenvalue weighted by Gasteiger charge is 2.12. The second kappa shape index (κ2) is 7.44. The third kappa shape index (κ3) is 4.32. The zero-order valence-corrected chi connectivity index (χ0v) is 14.0. The van der Waals surface area contributed by atoms with Crippen molar-refractivity contribution in [2.24, 2.45) is 0 Å². The van der Waals surface area contributed by atoms with Gasteiger partial charge in [0.05, 0.1) is 5.02 Å². The van der Waals surface area contributed by atoms with Crippen LogP contribution in [0.25, 0.3) is 0 Å². The third-order valence-electron chi connectivity index (χ3n) is 3.10. The van der Waals surface area contributed by atoms with Gasteiger partial charge in [-0.3, -0.25) is 0 Å². The van der Waals surface area contributed by atoms with Gasteiger partial charge in [-0.25, -0.2) is 0 Å². The van der Waals surface area contributed by atoms with Crippen LogP contribution < -0.4 is 5.32 Å². The Morgan fingerprint density at radius 2 is 2.21 bits per heavy atom. The lowest BCUT2D eigenvalue weighted by molar-refractivity contribution is 0.515. The van der Waals surface area contributed by atoms with E-state index in [1.165, 1.54) is 11.1 Å². The first-order valence-corrected chi connectivity index (χ1v) is 8.51. The van der Waals surface area contributed by atoms with E-state index in [4.69, 9.17) is 11.6 Å². The van der Waals surface area contributed by atoms with Crippen LogP contribution in [0, 0.1) is 0 Å². The monoisotopic (exact) mass is 357 g/mol. The van der Waals surface area contributed by atoms with Gasteiger partial charge in [-0.15, -0.1) is 0 Å². The molecular weight excluding hydrogens is 342 g/mol. The molecule has 0 radical (unpaired) electrons. The van der Waals surface area contributed by atoms with Crippen LogP contribution in [0.1, 0.15) is 30.5 Å². The van der Waals surface area contributed by atoms with Gasteiger partial charge in [0.15, 0.2) is 0 Å². The highest BCUT2D eigenvalue weighted by molar-refractivity contribution is 9.10. The van der Waals surface area contributed by atoms with Crippen molar-refractivity contribution >= 4 is 38.9 Å². The van der Waals surface area contributed by atoms with Crippen molar-refractivity contribution in [2.45, 2.75) is 25.8 Å². The third-order valence-corrected chi connectivity index (χ3v) is 5.06. The van der Waals surface area contributed by atoms with E-state index < -0.39 is 0 Å². The molecule has 0 aliphatic heterocycles. The summed E-state index contributed by atoms with van der Waals surface area (Å²) >= 11 is 11.4. The van der Waals surface area contributed by atoms with Crippen molar-refractivity contribution in [3.8, 4) is 0 Å². The summed E-state index contributed by atoms with van der Waals surface area (Å²) in [6, 6.07) is 8.76. The normalized spacial score (nSPS) is 12.6. The second-order valence-corrected chi connectivity index (χ2v) is 6.50. The van der Waals surface area contributed by atoms with Gasteiger partial charge in [-0.1, -0.05) is 24.6 Å². The summed E-state index contributed by atoms with van der Waals surface area (Å²) in [5.41, 5.74) is 2.67. The smallest absolute Gasteiger partial charge is 0.0551 e. The Kier molecular flexibility index (Phi) is 5.89. The predicted octanol–water partition coefficient (Wildman–Crippen LogP) is 5.45. The minimum Gasteiger partial charge on any atom is -0.310 e. The first kappa shape index (κ1) is 15.0. The number of benzene rings is 1. The molecule has 1 N–H and O–H groups in total. The zero-order chi connectivity index (χ0) is 13.7. The fourth-order valence-electron chi connectivity index (χ4n) is 2.11. The molecule has 0 spiro atoms. The summed E-state index contributed by atoms with van der Waals surface area (Å²) < 4.78 is 0.950. The Morgan fingerprint density at radius 3 is 2.84 bits per heavy atom. The molecule has 1 atom stereocenters. The molecule has 0 fully saturated rings. The van der Waals surface area contributed by atoms with Crippen molar-refractivity contribution in [3.05, 3.63) is 55.6 Å². The molecular formula is C15H17BrClNS. The molecule has 0 aliphatic carbocycles. The zero-order valence-electron chi connectivity index (χ0n) is 10.8. The fraction of sp³-hybridized carbons (Fsp3) is 0.333. The molecule has 2 rings (SSSR count). The quantitative estimate of drug-likeness (QED) is 0.724. The van der Waals surface area contributed by atoms with E-state index in [1.807, 2.05) is 12.1 Å². The van der Waals surface area contributed by atoms with E-state index in [0.717, 1.165) is 28.9 Å². The van der Waals surface area contributed by atoms with E-state index in [2.05, 4.69) is 51.1 Å². The highest BCUT2D eigenvalue weighted by atomic mass is 79.9. The standard InChI is InChI=1S/C15H17BrClNS/c1-2-18-15(6-3-11-7-8-19-10-11)12-4-5-13(16)14(17)9-12/h4-5,7-10,15,18H,2-3,6H2,1H3. The van der Waals surface area contributed by atoms with Gasteiger partial charge in [0.25, 0.3) is 0 Å². The topological polar surface area (TPSA) is 12.0 Å². The van der Waals surface area contributed by atoms with Gasteiger partial charge in [-0.2, -0.15) is 11.3 Å². The molecule has 0 amide bonds. The molecule has 4 heteroatoms. The molecule has 2 aromatic rings. The molecule has 102 valence electrons. The maximum absolute atomic E-state index is 6.18. The molecule has 0 bridgehead atoms. The molecule has 0 saturated carbocycles. The summed E-state index contributed by atoms with van der Waals surface area (Å²) in [7, 11) is 0. The van der Waals surface area contributed by atoms with Crippen LogP contribution in [-0.4, -0.2) is 6.54 Å². The summed E-state index contributed by atoms with van der Waals surface area (Å²) in [5, 5.41) is 8.66. The Labute approximate surface area is 132 Å². The van der Waals surface area contributed by atoms with Gasteiger partial charge in [-0.05, 0) is 75.4 Å². The van der Waals surface area contributed by atoms with Crippen LogP contribution in [0.5, 0.6) is 0 Å². The van der Waals surface area contributed by atoms with Gasteiger partial charge in [0.2, 0.25) is 0 Å². The number of thiophene rings is 1. The highest BCUT2D eigenvalue weighted by Crippen LogP contribution is 2.28. The average Bonchev–Trinajstić information content (AvgIpc) is 2.91. The number of hydrogen-bond donors (Lipinski definition) is 1. The Hall–Kier alpha value is -0.350. The predicted molar refractivity (Wildman–Crippen MR) is 88.2 cm³/mol. The average molecular weight is 359 g/mol. The van der Waals surface area contributed by atoms with Crippen molar-refractivity contribution < 1.29 is 0 Å². The fourth-order valence-corrected chi connectivity index (χ4v) is 3.25. The SMILES string of the molecule is CCNC(CCc1ccsc1)c1ccc(Br)c(Cl)c1.